The molecular weight excluding hydrogens is 248 g/mol. The van der Waals surface area contributed by atoms with Crippen molar-refractivity contribution < 1.29 is 0 Å². The van der Waals surface area contributed by atoms with Crippen LogP contribution in [0.2, 0.25) is 0 Å². The van der Waals surface area contributed by atoms with Crippen LogP contribution in [0.25, 0.3) is 5.69 Å². The molecule has 2 aromatic rings. The van der Waals surface area contributed by atoms with Gasteiger partial charge in [0.05, 0.1) is 17.6 Å². The number of hydrogen-bond acceptors (Lipinski definition) is 3. The lowest BCUT2D eigenvalue weighted by molar-refractivity contribution is 0.666. The second kappa shape index (κ2) is 7.20. The smallest absolute Gasteiger partial charge is 0.0876 e. The van der Waals surface area contributed by atoms with Gasteiger partial charge in [-0.3, -0.25) is 4.98 Å². The van der Waals surface area contributed by atoms with Crippen molar-refractivity contribution in [3.63, 3.8) is 0 Å². The van der Waals surface area contributed by atoms with Gasteiger partial charge in [-0.1, -0.05) is 20.8 Å². The van der Waals surface area contributed by atoms with E-state index in [1.54, 1.807) is 0 Å². The first kappa shape index (κ1) is 14.7. The highest BCUT2D eigenvalue weighted by Gasteiger charge is 2.11. The SMILES string of the molecule is CCCNCc1ccncc1-n1nc(CC)cc1CC. The molecule has 0 amide bonds. The summed E-state index contributed by atoms with van der Waals surface area (Å²) >= 11 is 0. The van der Waals surface area contributed by atoms with Crippen molar-refractivity contribution in [3.05, 3.63) is 41.5 Å². The number of nitrogens with one attached hydrogen (secondary N) is 1. The molecule has 2 rings (SSSR count). The molecule has 0 saturated carbocycles. The second-order valence-corrected chi connectivity index (χ2v) is 4.93. The molecule has 0 atom stereocenters. The molecule has 4 nitrogen and oxygen atoms in total. The van der Waals surface area contributed by atoms with Gasteiger partial charge < -0.3 is 5.32 Å². The fraction of sp³-hybridized carbons (Fsp3) is 0.500. The van der Waals surface area contributed by atoms with Crippen LogP contribution in [0, 0.1) is 0 Å². The van der Waals surface area contributed by atoms with Gasteiger partial charge in [0.25, 0.3) is 0 Å². The molecule has 108 valence electrons. The van der Waals surface area contributed by atoms with E-state index >= 15 is 0 Å². The average molecular weight is 272 g/mol. The van der Waals surface area contributed by atoms with E-state index < -0.39 is 0 Å². The molecule has 0 aliphatic carbocycles. The summed E-state index contributed by atoms with van der Waals surface area (Å²) < 4.78 is 2.05. The van der Waals surface area contributed by atoms with Crippen LogP contribution < -0.4 is 5.32 Å². The molecular formula is C16H24N4. The van der Waals surface area contributed by atoms with Gasteiger partial charge >= 0.3 is 0 Å². The highest BCUT2D eigenvalue weighted by Crippen LogP contribution is 2.17. The number of aryl methyl sites for hydroxylation is 2. The Morgan fingerprint density at radius 1 is 1.20 bits per heavy atom. The van der Waals surface area contributed by atoms with E-state index in [0.29, 0.717) is 0 Å². The molecule has 0 aliphatic heterocycles. The third kappa shape index (κ3) is 3.25. The Morgan fingerprint density at radius 2 is 2.05 bits per heavy atom. The minimum absolute atomic E-state index is 0.857. The molecule has 2 heterocycles. The number of aromatic nitrogens is 3. The van der Waals surface area contributed by atoms with Crippen molar-refractivity contribution in [1.82, 2.24) is 20.1 Å². The predicted octanol–water partition coefficient (Wildman–Crippen LogP) is 2.89. The van der Waals surface area contributed by atoms with Gasteiger partial charge in [0.1, 0.15) is 0 Å². The number of rotatable bonds is 7. The van der Waals surface area contributed by atoms with E-state index in [0.717, 1.165) is 43.7 Å². The highest BCUT2D eigenvalue weighted by molar-refractivity contribution is 5.39. The quantitative estimate of drug-likeness (QED) is 0.788. The first-order valence-electron chi connectivity index (χ1n) is 7.51. The highest BCUT2D eigenvalue weighted by atomic mass is 15.3. The van der Waals surface area contributed by atoms with Crippen LogP contribution in [0.1, 0.15) is 44.1 Å². The fourth-order valence-electron chi connectivity index (χ4n) is 2.26. The minimum Gasteiger partial charge on any atom is -0.313 e. The van der Waals surface area contributed by atoms with Crippen molar-refractivity contribution in [2.45, 2.75) is 46.6 Å². The van der Waals surface area contributed by atoms with Crippen molar-refractivity contribution >= 4 is 0 Å². The van der Waals surface area contributed by atoms with E-state index in [-0.39, 0.29) is 0 Å². The normalized spacial score (nSPS) is 10.9. The zero-order chi connectivity index (χ0) is 14.4. The summed E-state index contributed by atoms with van der Waals surface area (Å²) in [5.74, 6) is 0. The van der Waals surface area contributed by atoms with E-state index in [1.165, 1.54) is 11.3 Å². The van der Waals surface area contributed by atoms with Crippen LogP contribution >= 0.6 is 0 Å². The lowest BCUT2D eigenvalue weighted by atomic mass is 10.2. The first-order valence-corrected chi connectivity index (χ1v) is 7.51. The topological polar surface area (TPSA) is 42.7 Å². The average Bonchev–Trinajstić information content (AvgIpc) is 2.91. The minimum atomic E-state index is 0.857. The molecule has 2 aromatic heterocycles. The molecule has 1 N–H and O–H groups in total. The third-order valence-corrected chi connectivity index (χ3v) is 3.42. The van der Waals surface area contributed by atoms with Gasteiger partial charge in [0.2, 0.25) is 0 Å². The van der Waals surface area contributed by atoms with E-state index in [2.05, 4.69) is 47.9 Å². The molecule has 4 heteroatoms. The monoisotopic (exact) mass is 272 g/mol. The van der Waals surface area contributed by atoms with Gasteiger partial charge in [-0.2, -0.15) is 5.10 Å². The molecule has 0 aliphatic rings. The van der Waals surface area contributed by atoms with Gasteiger partial charge in [-0.25, -0.2) is 4.68 Å². The zero-order valence-corrected chi connectivity index (χ0v) is 12.7. The van der Waals surface area contributed by atoms with Gasteiger partial charge in [0, 0.05) is 18.4 Å². The van der Waals surface area contributed by atoms with E-state index in [9.17, 15) is 0 Å². The summed E-state index contributed by atoms with van der Waals surface area (Å²) in [6.07, 6.45) is 6.84. The zero-order valence-electron chi connectivity index (χ0n) is 12.7. The Balaban J connectivity index is 2.34. The van der Waals surface area contributed by atoms with Crippen molar-refractivity contribution in [3.8, 4) is 5.69 Å². The summed E-state index contributed by atoms with van der Waals surface area (Å²) in [7, 11) is 0. The van der Waals surface area contributed by atoms with Gasteiger partial charge in [-0.15, -0.1) is 0 Å². The Morgan fingerprint density at radius 3 is 2.75 bits per heavy atom. The summed E-state index contributed by atoms with van der Waals surface area (Å²) in [6.45, 7) is 8.37. The molecule has 0 saturated heterocycles. The van der Waals surface area contributed by atoms with E-state index in [1.807, 2.05) is 12.4 Å². The lowest BCUT2D eigenvalue weighted by Gasteiger charge is -2.12. The fourth-order valence-corrected chi connectivity index (χ4v) is 2.26. The number of hydrogen-bond donors (Lipinski definition) is 1. The Bertz CT molecular complexity index is 545. The Labute approximate surface area is 121 Å². The molecule has 20 heavy (non-hydrogen) atoms. The summed E-state index contributed by atoms with van der Waals surface area (Å²) in [5, 5.41) is 8.16. The molecule has 0 radical (unpaired) electrons. The van der Waals surface area contributed by atoms with Gasteiger partial charge in [0.15, 0.2) is 0 Å². The van der Waals surface area contributed by atoms with Crippen LogP contribution in [0.4, 0.5) is 0 Å². The molecule has 0 spiro atoms. The Kier molecular flexibility index (Phi) is 5.30. The number of pyridine rings is 1. The van der Waals surface area contributed by atoms with Crippen LogP contribution in [0.5, 0.6) is 0 Å². The molecule has 0 bridgehead atoms. The van der Waals surface area contributed by atoms with Crippen molar-refractivity contribution in [2.75, 3.05) is 6.54 Å². The molecule has 0 unspecified atom stereocenters. The van der Waals surface area contributed by atoms with Crippen LogP contribution in [-0.4, -0.2) is 21.3 Å². The largest absolute Gasteiger partial charge is 0.313 e. The first-order chi connectivity index (χ1) is 9.80. The maximum absolute atomic E-state index is 4.71. The van der Waals surface area contributed by atoms with E-state index in [4.69, 9.17) is 5.10 Å². The molecule has 0 aromatic carbocycles. The van der Waals surface area contributed by atoms with Crippen LogP contribution in [0.15, 0.2) is 24.5 Å². The lowest BCUT2D eigenvalue weighted by Crippen LogP contribution is -2.16. The molecule has 0 fully saturated rings. The standard InChI is InChI=1S/C16H24N4/c1-4-8-17-11-13-7-9-18-12-16(13)20-15(6-3)10-14(5-2)19-20/h7,9-10,12,17H,4-6,8,11H2,1-3H3. The van der Waals surface area contributed by atoms with Crippen LogP contribution in [0.3, 0.4) is 0 Å². The van der Waals surface area contributed by atoms with Gasteiger partial charge in [-0.05, 0) is 43.5 Å². The maximum Gasteiger partial charge on any atom is 0.0876 e. The maximum atomic E-state index is 4.71. The number of nitrogens with zero attached hydrogens (tertiary/aromatic N) is 3. The van der Waals surface area contributed by atoms with Crippen molar-refractivity contribution in [1.29, 1.82) is 0 Å². The van der Waals surface area contributed by atoms with Crippen LogP contribution in [-0.2, 0) is 19.4 Å². The summed E-state index contributed by atoms with van der Waals surface area (Å²) in [4.78, 5) is 4.27. The Hall–Kier alpha value is -1.68. The summed E-state index contributed by atoms with van der Waals surface area (Å²) in [6, 6.07) is 4.26. The summed E-state index contributed by atoms with van der Waals surface area (Å²) in [5.41, 5.74) is 4.71. The second-order valence-electron chi connectivity index (χ2n) is 4.93. The predicted molar refractivity (Wildman–Crippen MR) is 82.1 cm³/mol. The van der Waals surface area contributed by atoms with Crippen molar-refractivity contribution in [2.24, 2.45) is 0 Å². The third-order valence-electron chi connectivity index (χ3n) is 3.42.